The van der Waals surface area contributed by atoms with Crippen LogP contribution < -0.4 is 5.32 Å². The van der Waals surface area contributed by atoms with E-state index in [1.54, 1.807) is 13.3 Å². The van der Waals surface area contributed by atoms with Crippen LogP contribution in [0.2, 0.25) is 0 Å². The van der Waals surface area contributed by atoms with Crippen molar-refractivity contribution in [1.29, 1.82) is 0 Å². The number of carbonyl (C=O) groups is 1. The maximum atomic E-state index is 11.3. The summed E-state index contributed by atoms with van der Waals surface area (Å²) in [5.41, 5.74) is 3.04. The van der Waals surface area contributed by atoms with E-state index in [4.69, 9.17) is 4.42 Å². The molecule has 3 heteroatoms. The van der Waals surface area contributed by atoms with Gasteiger partial charge in [0.1, 0.15) is 5.58 Å². The third kappa shape index (κ3) is 1.94. The van der Waals surface area contributed by atoms with Crippen LogP contribution in [0.5, 0.6) is 0 Å². The Morgan fingerprint density at radius 2 is 2.25 bits per heavy atom. The number of fused-ring (bicyclic) bond motifs is 1. The summed E-state index contributed by atoms with van der Waals surface area (Å²) in [7, 11) is 1.64. The fourth-order valence-electron chi connectivity index (χ4n) is 1.75. The SMILES string of the molecule is CCc1ccc2c(CC(=O)NC)coc2c1. The number of carbonyl (C=O) groups excluding carboxylic acids is 1. The molecule has 3 nitrogen and oxygen atoms in total. The number of aryl methyl sites for hydroxylation is 1. The highest BCUT2D eigenvalue weighted by Gasteiger charge is 2.09. The molecule has 2 rings (SSSR count). The third-order valence-electron chi connectivity index (χ3n) is 2.76. The molecule has 0 radical (unpaired) electrons. The molecule has 0 atom stereocenters. The molecule has 0 unspecified atom stereocenters. The van der Waals surface area contributed by atoms with Crippen molar-refractivity contribution < 1.29 is 9.21 Å². The number of rotatable bonds is 3. The normalized spacial score (nSPS) is 10.6. The molecule has 16 heavy (non-hydrogen) atoms. The molecule has 1 N–H and O–H groups in total. The molecule has 0 bridgehead atoms. The van der Waals surface area contributed by atoms with Crippen molar-refractivity contribution >= 4 is 16.9 Å². The molecule has 2 aromatic rings. The van der Waals surface area contributed by atoms with Crippen LogP contribution in [0, 0.1) is 0 Å². The summed E-state index contributed by atoms with van der Waals surface area (Å²) in [5, 5.41) is 3.64. The zero-order chi connectivity index (χ0) is 11.5. The Kier molecular flexibility index (Phi) is 2.95. The lowest BCUT2D eigenvalue weighted by Crippen LogP contribution is -2.19. The predicted octanol–water partition coefficient (Wildman–Crippen LogP) is 2.28. The largest absolute Gasteiger partial charge is 0.464 e. The first kappa shape index (κ1) is 10.7. The van der Waals surface area contributed by atoms with Gasteiger partial charge in [0.25, 0.3) is 0 Å². The minimum Gasteiger partial charge on any atom is -0.464 e. The van der Waals surface area contributed by atoms with E-state index in [0.717, 1.165) is 23.0 Å². The molecule has 1 aromatic heterocycles. The summed E-state index contributed by atoms with van der Waals surface area (Å²) in [5.74, 6) is 0.00210. The van der Waals surface area contributed by atoms with E-state index in [1.165, 1.54) is 5.56 Å². The van der Waals surface area contributed by atoms with Crippen molar-refractivity contribution in [2.75, 3.05) is 7.05 Å². The lowest BCUT2D eigenvalue weighted by atomic mass is 10.1. The van der Waals surface area contributed by atoms with Crippen LogP contribution in [-0.2, 0) is 17.6 Å². The van der Waals surface area contributed by atoms with Crippen LogP contribution in [-0.4, -0.2) is 13.0 Å². The fraction of sp³-hybridized carbons (Fsp3) is 0.308. The van der Waals surface area contributed by atoms with E-state index in [1.807, 2.05) is 12.1 Å². The third-order valence-corrected chi connectivity index (χ3v) is 2.76. The van der Waals surface area contributed by atoms with Crippen molar-refractivity contribution in [3.63, 3.8) is 0 Å². The smallest absolute Gasteiger partial charge is 0.224 e. The first-order valence-electron chi connectivity index (χ1n) is 5.44. The minimum absolute atomic E-state index is 0.00210. The van der Waals surface area contributed by atoms with Crippen molar-refractivity contribution in [1.82, 2.24) is 5.32 Å². The van der Waals surface area contributed by atoms with Crippen LogP contribution in [0.15, 0.2) is 28.9 Å². The molecule has 0 aliphatic rings. The molecular formula is C13H15NO2. The summed E-state index contributed by atoms with van der Waals surface area (Å²) in [6.45, 7) is 2.11. The average molecular weight is 217 g/mol. The molecular weight excluding hydrogens is 202 g/mol. The lowest BCUT2D eigenvalue weighted by Gasteiger charge is -1.98. The number of hydrogen-bond acceptors (Lipinski definition) is 2. The Bertz CT molecular complexity index is 514. The maximum Gasteiger partial charge on any atom is 0.224 e. The van der Waals surface area contributed by atoms with E-state index >= 15 is 0 Å². The fourth-order valence-corrected chi connectivity index (χ4v) is 1.75. The second-order valence-corrected chi connectivity index (χ2v) is 3.79. The number of furan rings is 1. The average Bonchev–Trinajstić information content (AvgIpc) is 2.71. The second-order valence-electron chi connectivity index (χ2n) is 3.79. The summed E-state index contributed by atoms with van der Waals surface area (Å²) >= 11 is 0. The van der Waals surface area contributed by atoms with Crippen molar-refractivity contribution in [3.05, 3.63) is 35.6 Å². The van der Waals surface area contributed by atoms with Crippen molar-refractivity contribution in [2.24, 2.45) is 0 Å². The van der Waals surface area contributed by atoms with Gasteiger partial charge in [0, 0.05) is 18.0 Å². The molecule has 1 heterocycles. The van der Waals surface area contributed by atoms with E-state index in [-0.39, 0.29) is 5.91 Å². The lowest BCUT2D eigenvalue weighted by molar-refractivity contribution is -0.119. The zero-order valence-corrected chi connectivity index (χ0v) is 9.54. The van der Waals surface area contributed by atoms with Crippen LogP contribution in [0.4, 0.5) is 0 Å². The number of amides is 1. The molecule has 0 aliphatic heterocycles. The molecule has 1 aromatic carbocycles. The van der Waals surface area contributed by atoms with Gasteiger partial charge in [0.05, 0.1) is 12.7 Å². The van der Waals surface area contributed by atoms with Gasteiger partial charge < -0.3 is 9.73 Å². The standard InChI is InChI=1S/C13H15NO2/c1-3-9-4-5-11-10(7-13(15)14-2)8-16-12(11)6-9/h4-6,8H,3,7H2,1-2H3,(H,14,15). The van der Waals surface area contributed by atoms with E-state index in [2.05, 4.69) is 18.3 Å². The summed E-state index contributed by atoms with van der Waals surface area (Å²) in [6.07, 6.45) is 3.02. The highest BCUT2D eigenvalue weighted by atomic mass is 16.3. The molecule has 84 valence electrons. The van der Waals surface area contributed by atoms with E-state index < -0.39 is 0 Å². The minimum atomic E-state index is 0.00210. The molecule has 0 aliphatic carbocycles. The maximum absolute atomic E-state index is 11.3. The molecule has 0 saturated heterocycles. The Morgan fingerprint density at radius 1 is 1.44 bits per heavy atom. The molecule has 0 fully saturated rings. The Balaban J connectivity index is 2.37. The number of likely N-dealkylation sites (N-methyl/N-ethyl adjacent to an activating group) is 1. The Labute approximate surface area is 94.4 Å². The van der Waals surface area contributed by atoms with Crippen LogP contribution in [0.25, 0.3) is 11.0 Å². The first-order chi connectivity index (χ1) is 7.74. The van der Waals surface area contributed by atoms with E-state index in [9.17, 15) is 4.79 Å². The van der Waals surface area contributed by atoms with Gasteiger partial charge in [-0.2, -0.15) is 0 Å². The molecule has 0 spiro atoms. The van der Waals surface area contributed by atoms with Crippen LogP contribution in [0.1, 0.15) is 18.1 Å². The number of nitrogens with one attached hydrogen (secondary N) is 1. The van der Waals surface area contributed by atoms with Crippen LogP contribution >= 0.6 is 0 Å². The topological polar surface area (TPSA) is 42.2 Å². The van der Waals surface area contributed by atoms with Gasteiger partial charge in [-0.1, -0.05) is 19.1 Å². The zero-order valence-electron chi connectivity index (χ0n) is 9.54. The van der Waals surface area contributed by atoms with Gasteiger partial charge >= 0.3 is 0 Å². The summed E-state index contributed by atoms with van der Waals surface area (Å²) in [6, 6.07) is 6.13. The van der Waals surface area contributed by atoms with Gasteiger partial charge in [-0.15, -0.1) is 0 Å². The van der Waals surface area contributed by atoms with Gasteiger partial charge in [0.2, 0.25) is 5.91 Å². The van der Waals surface area contributed by atoms with E-state index in [0.29, 0.717) is 6.42 Å². The van der Waals surface area contributed by atoms with Crippen molar-refractivity contribution in [3.8, 4) is 0 Å². The molecule has 1 amide bonds. The van der Waals surface area contributed by atoms with Gasteiger partial charge in [-0.25, -0.2) is 0 Å². The monoisotopic (exact) mass is 217 g/mol. The quantitative estimate of drug-likeness (QED) is 0.857. The van der Waals surface area contributed by atoms with Gasteiger partial charge in [-0.05, 0) is 18.1 Å². The van der Waals surface area contributed by atoms with Crippen molar-refractivity contribution in [2.45, 2.75) is 19.8 Å². The van der Waals surface area contributed by atoms with Gasteiger partial charge in [-0.3, -0.25) is 4.79 Å². The second kappa shape index (κ2) is 4.39. The highest BCUT2D eigenvalue weighted by molar-refractivity contribution is 5.87. The predicted molar refractivity (Wildman–Crippen MR) is 63.4 cm³/mol. The number of hydrogen-bond donors (Lipinski definition) is 1. The molecule has 0 saturated carbocycles. The first-order valence-corrected chi connectivity index (χ1v) is 5.44. The van der Waals surface area contributed by atoms with Crippen LogP contribution in [0.3, 0.4) is 0 Å². The Hall–Kier alpha value is -1.77. The highest BCUT2D eigenvalue weighted by Crippen LogP contribution is 2.23. The Morgan fingerprint density at radius 3 is 2.94 bits per heavy atom. The van der Waals surface area contributed by atoms with Gasteiger partial charge in [0.15, 0.2) is 0 Å². The number of benzene rings is 1. The summed E-state index contributed by atoms with van der Waals surface area (Å²) < 4.78 is 5.46. The summed E-state index contributed by atoms with van der Waals surface area (Å²) in [4.78, 5) is 11.3.